The number of benzene rings is 1. The van der Waals surface area contributed by atoms with Gasteiger partial charge in [-0.1, -0.05) is 28.1 Å². The van der Waals surface area contributed by atoms with Crippen LogP contribution in [0.5, 0.6) is 0 Å². The maximum Gasteiger partial charge on any atom is 0.252 e. The molecule has 0 saturated heterocycles. The number of anilines is 1. The van der Waals surface area contributed by atoms with Gasteiger partial charge in [-0.25, -0.2) is 4.98 Å². The lowest BCUT2D eigenvalue weighted by atomic mass is 10.1. The Morgan fingerprint density at radius 2 is 2.19 bits per heavy atom. The predicted molar refractivity (Wildman–Crippen MR) is 86.3 cm³/mol. The van der Waals surface area contributed by atoms with E-state index < -0.39 is 0 Å². The number of nitrogens with one attached hydrogen (secondary N) is 1. The average Bonchev–Trinajstić information content (AvgIpc) is 2.93. The normalized spacial score (nSPS) is 13.1. The van der Waals surface area contributed by atoms with Gasteiger partial charge in [0.05, 0.1) is 5.56 Å². The number of amides is 1. The number of pyridine rings is 1. The molecule has 108 valence electrons. The van der Waals surface area contributed by atoms with E-state index in [0.29, 0.717) is 12.1 Å². The molecule has 1 N–H and O–H groups in total. The summed E-state index contributed by atoms with van der Waals surface area (Å²) in [7, 11) is 0. The zero-order valence-electron chi connectivity index (χ0n) is 11.8. The zero-order valence-corrected chi connectivity index (χ0v) is 13.4. The van der Waals surface area contributed by atoms with Crippen LogP contribution in [-0.4, -0.2) is 17.4 Å². The molecule has 0 aliphatic carbocycles. The van der Waals surface area contributed by atoms with E-state index in [-0.39, 0.29) is 5.91 Å². The quantitative estimate of drug-likeness (QED) is 0.929. The number of nitrogens with zero attached hydrogens (tertiary/aromatic N) is 2. The molecular weight excluding hydrogens is 330 g/mol. The molecule has 5 heteroatoms. The van der Waals surface area contributed by atoms with Crippen molar-refractivity contribution in [2.24, 2.45) is 0 Å². The summed E-state index contributed by atoms with van der Waals surface area (Å²) >= 11 is 3.60. The van der Waals surface area contributed by atoms with E-state index >= 15 is 0 Å². The summed E-state index contributed by atoms with van der Waals surface area (Å²) in [6.07, 6.45) is 1.64. The number of aromatic nitrogens is 1. The van der Waals surface area contributed by atoms with Gasteiger partial charge in [0.2, 0.25) is 0 Å². The minimum absolute atomic E-state index is 0.0796. The zero-order chi connectivity index (χ0) is 14.8. The van der Waals surface area contributed by atoms with E-state index in [1.807, 2.05) is 19.1 Å². The highest BCUT2D eigenvalue weighted by molar-refractivity contribution is 9.10. The summed E-state index contributed by atoms with van der Waals surface area (Å²) < 4.78 is 1.14. The van der Waals surface area contributed by atoms with Crippen LogP contribution in [0.4, 0.5) is 5.82 Å². The topological polar surface area (TPSA) is 45.2 Å². The summed E-state index contributed by atoms with van der Waals surface area (Å²) in [5.41, 5.74) is 3.23. The summed E-state index contributed by atoms with van der Waals surface area (Å²) in [4.78, 5) is 18.4. The standard InChI is InChI=1S/C16H16BrN3O/c1-2-18-16(21)11-6-7-15(19-8-11)20-9-12-4-3-5-14(17)13(12)10-20/h3-8H,2,9-10H2,1H3,(H,18,21). The van der Waals surface area contributed by atoms with Crippen molar-refractivity contribution < 1.29 is 4.79 Å². The van der Waals surface area contributed by atoms with Gasteiger partial charge in [0.1, 0.15) is 5.82 Å². The van der Waals surface area contributed by atoms with Gasteiger partial charge in [-0.05, 0) is 36.2 Å². The van der Waals surface area contributed by atoms with Crippen molar-refractivity contribution in [3.63, 3.8) is 0 Å². The minimum Gasteiger partial charge on any atom is -0.352 e. The van der Waals surface area contributed by atoms with Crippen molar-refractivity contribution in [3.8, 4) is 0 Å². The Morgan fingerprint density at radius 3 is 2.86 bits per heavy atom. The molecule has 1 amide bonds. The molecule has 0 bridgehead atoms. The first-order valence-corrected chi connectivity index (χ1v) is 7.74. The molecule has 2 aromatic rings. The summed E-state index contributed by atoms with van der Waals surface area (Å²) in [5.74, 6) is 0.815. The van der Waals surface area contributed by atoms with E-state index in [0.717, 1.165) is 23.4 Å². The summed E-state index contributed by atoms with van der Waals surface area (Å²) in [6, 6.07) is 9.99. The fourth-order valence-corrected chi connectivity index (χ4v) is 3.05. The lowest BCUT2D eigenvalue weighted by molar-refractivity contribution is 0.0955. The summed E-state index contributed by atoms with van der Waals surface area (Å²) in [6.45, 7) is 4.21. The highest BCUT2D eigenvalue weighted by Gasteiger charge is 2.21. The van der Waals surface area contributed by atoms with E-state index in [2.05, 4.69) is 49.3 Å². The van der Waals surface area contributed by atoms with Gasteiger partial charge in [-0.15, -0.1) is 0 Å². The highest BCUT2D eigenvalue weighted by Crippen LogP contribution is 2.31. The van der Waals surface area contributed by atoms with Gasteiger partial charge < -0.3 is 10.2 Å². The first-order valence-electron chi connectivity index (χ1n) is 6.94. The first kappa shape index (κ1) is 14.1. The Balaban J connectivity index is 1.78. The number of hydrogen-bond donors (Lipinski definition) is 1. The molecule has 2 heterocycles. The molecule has 0 fully saturated rings. The van der Waals surface area contributed by atoms with Gasteiger partial charge in [-0.2, -0.15) is 0 Å². The Labute approximate surface area is 132 Å². The first-order chi connectivity index (χ1) is 10.2. The molecule has 0 spiro atoms. The monoisotopic (exact) mass is 345 g/mol. The smallest absolute Gasteiger partial charge is 0.252 e. The van der Waals surface area contributed by atoms with Crippen molar-refractivity contribution >= 4 is 27.7 Å². The van der Waals surface area contributed by atoms with Crippen LogP contribution in [0.25, 0.3) is 0 Å². The molecule has 4 nitrogen and oxygen atoms in total. The lowest BCUT2D eigenvalue weighted by Gasteiger charge is -2.16. The molecule has 0 radical (unpaired) electrons. The summed E-state index contributed by atoms with van der Waals surface area (Å²) in [5, 5.41) is 2.77. The van der Waals surface area contributed by atoms with Crippen LogP contribution in [0, 0.1) is 0 Å². The third kappa shape index (κ3) is 2.78. The van der Waals surface area contributed by atoms with Crippen molar-refractivity contribution in [1.82, 2.24) is 10.3 Å². The van der Waals surface area contributed by atoms with Crippen molar-refractivity contribution in [3.05, 3.63) is 57.7 Å². The molecule has 3 rings (SSSR count). The van der Waals surface area contributed by atoms with Gasteiger partial charge >= 0.3 is 0 Å². The van der Waals surface area contributed by atoms with Crippen LogP contribution in [0.15, 0.2) is 41.0 Å². The van der Waals surface area contributed by atoms with Crippen molar-refractivity contribution in [2.75, 3.05) is 11.4 Å². The van der Waals surface area contributed by atoms with Crippen molar-refractivity contribution in [2.45, 2.75) is 20.0 Å². The molecule has 1 aliphatic heterocycles. The van der Waals surface area contributed by atoms with Crippen LogP contribution in [0.3, 0.4) is 0 Å². The third-order valence-electron chi connectivity index (χ3n) is 3.60. The van der Waals surface area contributed by atoms with Gasteiger partial charge in [0.25, 0.3) is 5.91 Å². The molecule has 0 atom stereocenters. The molecule has 1 aromatic carbocycles. The highest BCUT2D eigenvalue weighted by atomic mass is 79.9. The molecule has 0 unspecified atom stereocenters. The molecular formula is C16H16BrN3O. The number of halogens is 1. The van der Waals surface area contributed by atoms with Crippen LogP contribution in [0.1, 0.15) is 28.4 Å². The Hall–Kier alpha value is -1.88. The Kier molecular flexibility index (Phi) is 3.92. The fourth-order valence-electron chi connectivity index (χ4n) is 2.51. The number of rotatable bonds is 3. The molecule has 1 aromatic heterocycles. The van der Waals surface area contributed by atoms with Crippen LogP contribution >= 0.6 is 15.9 Å². The largest absolute Gasteiger partial charge is 0.352 e. The molecule has 21 heavy (non-hydrogen) atoms. The van der Waals surface area contributed by atoms with Crippen LogP contribution < -0.4 is 10.2 Å². The predicted octanol–water partition coefficient (Wildman–Crippen LogP) is 3.11. The Bertz CT molecular complexity index is 670. The van der Waals surface area contributed by atoms with Crippen LogP contribution in [-0.2, 0) is 13.1 Å². The second-order valence-corrected chi connectivity index (χ2v) is 5.85. The maximum absolute atomic E-state index is 11.7. The Morgan fingerprint density at radius 1 is 1.33 bits per heavy atom. The average molecular weight is 346 g/mol. The number of hydrogen-bond acceptors (Lipinski definition) is 3. The number of carbonyl (C=O) groups is 1. The number of fused-ring (bicyclic) bond motifs is 1. The SMILES string of the molecule is CCNC(=O)c1ccc(N2Cc3cccc(Br)c3C2)nc1. The number of carbonyl (C=O) groups excluding carboxylic acids is 1. The second-order valence-electron chi connectivity index (χ2n) is 5.00. The second kappa shape index (κ2) is 5.85. The van der Waals surface area contributed by atoms with Crippen molar-refractivity contribution in [1.29, 1.82) is 0 Å². The van der Waals surface area contributed by atoms with E-state index in [1.165, 1.54) is 11.1 Å². The van der Waals surface area contributed by atoms with E-state index in [1.54, 1.807) is 6.20 Å². The molecule has 1 aliphatic rings. The van der Waals surface area contributed by atoms with Crippen LogP contribution in [0.2, 0.25) is 0 Å². The van der Waals surface area contributed by atoms with Gasteiger partial charge in [0, 0.05) is 30.3 Å². The lowest BCUT2D eigenvalue weighted by Crippen LogP contribution is -2.23. The fraction of sp³-hybridized carbons (Fsp3) is 0.250. The van der Waals surface area contributed by atoms with E-state index in [4.69, 9.17) is 0 Å². The van der Waals surface area contributed by atoms with E-state index in [9.17, 15) is 4.79 Å². The third-order valence-corrected chi connectivity index (χ3v) is 4.34. The maximum atomic E-state index is 11.7. The van der Waals surface area contributed by atoms with Gasteiger partial charge in [0.15, 0.2) is 0 Å². The van der Waals surface area contributed by atoms with Gasteiger partial charge in [-0.3, -0.25) is 4.79 Å². The minimum atomic E-state index is -0.0796. The molecule has 0 saturated carbocycles.